The van der Waals surface area contributed by atoms with Crippen LogP contribution < -0.4 is 5.32 Å². The number of fused-ring (bicyclic) bond motifs is 1. The lowest BCUT2D eigenvalue weighted by Crippen LogP contribution is -2.31. The van der Waals surface area contributed by atoms with E-state index in [-0.39, 0.29) is 10.9 Å². The fourth-order valence-electron chi connectivity index (χ4n) is 3.32. The predicted molar refractivity (Wildman–Crippen MR) is 101 cm³/mol. The molecule has 3 heterocycles. The predicted octanol–water partition coefficient (Wildman–Crippen LogP) is 4.30. The Hall–Kier alpha value is -2.39. The minimum absolute atomic E-state index is 0.154. The van der Waals surface area contributed by atoms with E-state index < -0.39 is 11.7 Å². The van der Waals surface area contributed by atoms with Crippen molar-refractivity contribution in [2.75, 3.05) is 13.1 Å². The molecule has 4 rings (SSSR count). The summed E-state index contributed by atoms with van der Waals surface area (Å²) in [7, 11) is 0. The van der Waals surface area contributed by atoms with Gasteiger partial charge < -0.3 is 10.3 Å². The summed E-state index contributed by atoms with van der Waals surface area (Å²) in [6.45, 7) is 1.74. The number of aromatic amines is 1. The Labute approximate surface area is 163 Å². The lowest BCUT2D eigenvalue weighted by Gasteiger charge is -2.21. The topological polar surface area (TPSA) is 70.7 Å². The van der Waals surface area contributed by atoms with E-state index in [1.165, 1.54) is 18.0 Å². The van der Waals surface area contributed by atoms with Gasteiger partial charge >= 0.3 is 6.18 Å². The van der Waals surface area contributed by atoms with E-state index in [9.17, 15) is 18.0 Å². The van der Waals surface area contributed by atoms with Gasteiger partial charge in [0.25, 0.3) is 0 Å². The number of piperidine rings is 1. The molecular weight excluding hydrogens is 389 g/mol. The summed E-state index contributed by atoms with van der Waals surface area (Å²) in [4.78, 5) is 22.1. The van der Waals surface area contributed by atoms with Gasteiger partial charge in [0.1, 0.15) is 11.8 Å². The molecule has 0 amide bonds. The van der Waals surface area contributed by atoms with Crippen LogP contribution in [0.5, 0.6) is 0 Å². The van der Waals surface area contributed by atoms with Crippen molar-refractivity contribution in [3.8, 4) is 11.3 Å². The lowest BCUT2D eigenvalue weighted by atomic mass is 10.0. The zero-order chi connectivity index (χ0) is 19.7. The molecule has 0 spiro atoms. The van der Waals surface area contributed by atoms with Gasteiger partial charge in [-0.1, -0.05) is 23.9 Å². The largest absolute Gasteiger partial charge is 0.419 e. The second kappa shape index (κ2) is 7.56. The van der Waals surface area contributed by atoms with Gasteiger partial charge in [0.15, 0.2) is 5.16 Å². The average Bonchev–Trinajstić information content (AvgIpc) is 3.11. The molecule has 28 heavy (non-hydrogen) atoms. The number of benzene rings is 1. The quantitative estimate of drug-likeness (QED) is 0.499. The zero-order valence-electron chi connectivity index (χ0n) is 14.7. The highest BCUT2D eigenvalue weighted by molar-refractivity contribution is 7.99. The SMILES string of the molecule is O=Cc1ccc2c(-c3nc(SC4CCCNC4)ncc3C(F)(F)F)c[nH]c2c1. The minimum Gasteiger partial charge on any atom is -0.360 e. The Balaban J connectivity index is 1.79. The summed E-state index contributed by atoms with van der Waals surface area (Å²) in [5, 5.41) is 4.41. The molecule has 0 aliphatic carbocycles. The van der Waals surface area contributed by atoms with Crippen LogP contribution >= 0.6 is 11.8 Å². The van der Waals surface area contributed by atoms with E-state index >= 15 is 0 Å². The number of hydrogen-bond donors (Lipinski definition) is 2. The Morgan fingerprint density at radius 3 is 2.86 bits per heavy atom. The van der Waals surface area contributed by atoms with Crippen molar-refractivity contribution in [2.45, 2.75) is 29.4 Å². The van der Waals surface area contributed by atoms with Crippen LogP contribution in [0.2, 0.25) is 0 Å². The first-order valence-electron chi connectivity index (χ1n) is 8.84. The number of carbonyl (C=O) groups excluding carboxylic acids is 1. The fourth-order valence-corrected chi connectivity index (χ4v) is 4.36. The minimum atomic E-state index is -4.57. The van der Waals surface area contributed by atoms with E-state index in [1.54, 1.807) is 18.2 Å². The molecule has 9 heteroatoms. The van der Waals surface area contributed by atoms with E-state index in [2.05, 4.69) is 20.3 Å². The smallest absolute Gasteiger partial charge is 0.360 e. The van der Waals surface area contributed by atoms with Crippen molar-refractivity contribution in [1.29, 1.82) is 0 Å². The summed E-state index contributed by atoms with van der Waals surface area (Å²) in [5.41, 5.74) is 0.335. The maximum absolute atomic E-state index is 13.6. The third-order valence-corrected chi connectivity index (χ3v) is 5.84. The molecule has 1 aromatic carbocycles. The summed E-state index contributed by atoms with van der Waals surface area (Å²) >= 11 is 1.40. The van der Waals surface area contributed by atoms with Crippen LogP contribution in [0.3, 0.4) is 0 Å². The molecule has 1 saturated heterocycles. The molecule has 1 atom stereocenters. The molecule has 5 nitrogen and oxygen atoms in total. The molecule has 3 aromatic rings. The number of nitrogens with one attached hydrogen (secondary N) is 2. The standard InChI is InChI=1S/C19H17F3N4OS/c20-19(21,22)15-9-25-18(28-12-2-1-5-23-7-12)26-17(15)14-8-24-16-6-11(10-27)3-4-13(14)16/h3-4,6,8-10,12,23-24H,1-2,5,7H2. The van der Waals surface area contributed by atoms with Gasteiger partial charge in [-0.3, -0.25) is 4.79 Å². The molecule has 1 fully saturated rings. The number of nitrogens with zero attached hydrogens (tertiary/aromatic N) is 2. The van der Waals surface area contributed by atoms with Crippen molar-refractivity contribution in [3.05, 3.63) is 41.7 Å². The van der Waals surface area contributed by atoms with Crippen molar-refractivity contribution >= 4 is 29.0 Å². The number of aldehydes is 1. The number of alkyl halides is 3. The van der Waals surface area contributed by atoms with E-state index in [1.807, 2.05) is 0 Å². The Bertz CT molecular complexity index is 1010. The molecule has 1 unspecified atom stereocenters. The van der Waals surface area contributed by atoms with Crippen molar-refractivity contribution < 1.29 is 18.0 Å². The van der Waals surface area contributed by atoms with Crippen molar-refractivity contribution in [2.24, 2.45) is 0 Å². The van der Waals surface area contributed by atoms with Crippen LogP contribution in [0.1, 0.15) is 28.8 Å². The second-order valence-corrected chi connectivity index (χ2v) is 7.89. The van der Waals surface area contributed by atoms with Gasteiger partial charge in [-0.15, -0.1) is 0 Å². The third-order valence-electron chi connectivity index (χ3n) is 4.69. The van der Waals surface area contributed by atoms with Crippen LogP contribution in [0.4, 0.5) is 13.2 Å². The van der Waals surface area contributed by atoms with Gasteiger partial charge in [0.05, 0.1) is 5.69 Å². The number of carbonyl (C=O) groups is 1. The van der Waals surface area contributed by atoms with Gasteiger partial charge in [-0.2, -0.15) is 13.2 Å². The number of H-pyrrole nitrogens is 1. The molecule has 1 aliphatic rings. The van der Waals surface area contributed by atoms with Crippen molar-refractivity contribution in [1.82, 2.24) is 20.3 Å². The van der Waals surface area contributed by atoms with Crippen molar-refractivity contribution in [3.63, 3.8) is 0 Å². The Morgan fingerprint density at radius 1 is 1.29 bits per heavy atom. The van der Waals surface area contributed by atoms with Crippen LogP contribution in [-0.4, -0.2) is 39.6 Å². The number of halogens is 3. The van der Waals surface area contributed by atoms with Gasteiger partial charge in [0.2, 0.25) is 0 Å². The molecule has 1 aliphatic heterocycles. The monoisotopic (exact) mass is 406 g/mol. The third kappa shape index (κ3) is 3.77. The van der Waals surface area contributed by atoms with Gasteiger partial charge in [-0.25, -0.2) is 9.97 Å². The van der Waals surface area contributed by atoms with E-state index in [4.69, 9.17) is 0 Å². The lowest BCUT2D eigenvalue weighted by molar-refractivity contribution is -0.137. The molecule has 146 valence electrons. The molecule has 2 aromatic heterocycles. The maximum Gasteiger partial charge on any atom is 0.419 e. The molecule has 0 bridgehead atoms. The molecule has 0 saturated carbocycles. The number of thioether (sulfide) groups is 1. The van der Waals surface area contributed by atoms with Gasteiger partial charge in [-0.05, 0) is 25.5 Å². The first kappa shape index (κ1) is 18.9. The molecule has 2 N–H and O–H groups in total. The summed E-state index contributed by atoms with van der Waals surface area (Å²) in [5.74, 6) is 0. The fraction of sp³-hybridized carbons (Fsp3) is 0.316. The first-order valence-corrected chi connectivity index (χ1v) is 9.72. The Morgan fingerprint density at radius 2 is 2.14 bits per heavy atom. The maximum atomic E-state index is 13.6. The summed E-state index contributed by atoms with van der Waals surface area (Å²) in [6, 6.07) is 4.80. The van der Waals surface area contributed by atoms with Crippen LogP contribution in [0, 0.1) is 0 Å². The number of hydrogen-bond acceptors (Lipinski definition) is 5. The second-order valence-electron chi connectivity index (χ2n) is 6.62. The summed E-state index contributed by atoms with van der Waals surface area (Å²) in [6.07, 6.45) is 0.467. The average molecular weight is 406 g/mol. The van der Waals surface area contributed by atoms with Crippen LogP contribution in [0.15, 0.2) is 35.7 Å². The number of rotatable bonds is 4. The highest BCUT2D eigenvalue weighted by Crippen LogP contribution is 2.39. The van der Waals surface area contributed by atoms with Crippen LogP contribution in [-0.2, 0) is 6.18 Å². The van der Waals surface area contributed by atoms with Crippen LogP contribution in [0.25, 0.3) is 22.2 Å². The van der Waals surface area contributed by atoms with Gasteiger partial charge in [0, 0.05) is 46.2 Å². The highest BCUT2D eigenvalue weighted by atomic mass is 32.2. The first-order chi connectivity index (χ1) is 13.5. The van der Waals surface area contributed by atoms with E-state index in [0.29, 0.717) is 33.5 Å². The molecular formula is C19H17F3N4OS. The number of aromatic nitrogens is 3. The molecule has 0 radical (unpaired) electrons. The normalized spacial score (nSPS) is 17.8. The summed E-state index contributed by atoms with van der Waals surface area (Å²) < 4.78 is 40.8. The Kier molecular flexibility index (Phi) is 5.11. The highest BCUT2D eigenvalue weighted by Gasteiger charge is 2.36. The van der Waals surface area contributed by atoms with E-state index in [0.717, 1.165) is 32.1 Å². The zero-order valence-corrected chi connectivity index (χ0v) is 15.5.